The molecule has 0 saturated carbocycles. The topological polar surface area (TPSA) is 92.8 Å². The molecule has 9 heteroatoms. The molecule has 2 aromatic carbocycles. The largest absolute Gasteiger partial charge is 0.465 e. The summed E-state index contributed by atoms with van der Waals surface area (Å²) in [5, 5.41) is 3.05. The van der Waals surface area contributed by atoms with Crippen LogP contribution >= 0.6 is 11.6 Å². The van der Waals surface area contributed by atoms with Crippen LogP contribution in [-0.2, 0) is 19.6 Å². The molecular formula is C21H23ClN2O5S. The van der Waals surface area contributed by atoms with Crippen molar-refractivity contribution in [2.24, 2.45) is 5.92 Å². The Morgan fingerprint density at radius 1 is 1.10 bits per heavy atom. The average molecular weight is 451 g/mol. The van der Waals surface area contributed by atoms with Crippen molar-refractivity contribution in [1.82, 2.24) is 4.31 Å². The first-order chi connectivity index (χ1) is 14.2. The van der Waals surface area contributed by atoms with E-state index in [-0.39, 0.29) is 35.4 Å². The number of amides is 1. The molecule has 1 heterocycles. The van der Waals surface area contributed by atoms with Crippen LogP contribution in [-0.4, -0.2) is 44.8 Å². The van der Waals surface area contributed by atoms with Crippen LogP contribution in [0.1, 0.15) is 28.8 Å². The molecule has 3 rings (SSSR count). The van der Waals surface area contributed by atoms with Gasteiger partial charge in [-0.25, -0.2) is 13.2 Å². The van der Waals surface area contributed by atoms with Gasteiger partial charge >= 0.3 is 5.97 Å². The third-order valence-corrected chi connectivity index (χ3v) is 7.37. The average Bonchev–Trinajstić information content (AvgIpc) is 2.75. The van der Waals surface area contributed by atoms with Crippen molar-refractivity contribution in [3.05, 3.63) is 58.6 Å². The molecule has 2 aromatic rings. The van der Waals surface area contributed by atoms with Gasteiger partial charge in [-0.15, -0.1) is 0 Å². The lowest BCUT2D eigenvalue weighted by atomic mass is 9.97. The third-order valence-electron chi connectivity index (χ3n) is 5.13. The van der Waals surface area contributed by atoms with Gasteiger partial charge in [0, 0.05) is 19.0 Å². The van der Waals surface area contributed by atoms with Crippen LogP contribution in [0.3, 0.4) is 0 Å². The minimum absolute atomic E-state index is 0.252. The summed E-state index contributed by atoms with van der Waals surface area (Å²) in [4.78, 5) is 24.6. The maximum Gasteiger partial charge on any atom is 0.337 e. The van der Waals surface area contributed by atoms with E-state index in [0.29, 0.717) is 23.6 Å². The number of nitrogens with one attached hydrogen (secondary N) is 1. The number of rotatable bonds is 5. The SMILES string of the molecule is COC(=O)c1ccc(Cl)c(NC(=O)C2CCN(S(=O)(=O)c3ccc(C)cc3)CC2)c1. The van der Waals surface area contributed by atoms with E-state index < -0.39 is 16.0 Å². The van der Waals surface area contributed by atoms with Gasteiger partial charge in [-0.05, 0) is 50.1 Å². The molecule has 0 atom stereocenters. The highest BCUT2D eigenvalue weighted by atomic mass is 35.5. The monoisotopic (exact) mass is 450 g/mol. The van der Waals surface area contributed by atoms with Crippen molar-refractivity contribution < 1.29 is 22.7 Å². The van der Waals surface area contributed by atoms with Crippen molar-refractivity contribution in [1.29, 1.82) is 0 Å². The second-order valence-electron chi connectivity index (χ2n) is 7.17. The summed E-state index contributed by atoms with van der Waals surface area (Å²) in [5.74, 6) is -1.14. The number of hydrogen-bond acceptors (Lipinski definition) is 5. The summed E-state index contributed by atoms with van der Waals surface area (Å²) >= 11 is 6.13. The Kier molecular flexibility index (Phi) is 6.80. The summed E-state index contributed by atoms with van der Waals surface area (Å²) in [6.45, 7) is 2.40. The lowest BCUT2D eigenvalue weighted by molar-refractivity contribution is -0.120. The number of anilines is 1. The number of halogens is 1. The minimum Gasteiger partial charge on any atom is -0.465 e. The zero-order valence-electron chi connectivity index (χ0n) is 16.7. The number of esters is 1. The predicted molar refractivity (Wildman–Crippen MR) is 114 cm³/mol. The van der Waals surface area contributed by atoms with Crippen molar-refractivity contribution in [3.63, 3.8) is 0 Å². The molecule has 1 aliphatic heterocycles. The van der Waals surface area contributed by atoms with Crippen LogP contribution in [0.15, 0.2) is 47.4 Å². The van der Waals surface area contributed by atoms with Gasteiger partial charge in [0.1, 0.15) is 0 Å². The molecule has 1 amide bonds. The van der Waals surface area contributed by atoms with E-state index >= 15 is 0 Å². The Morgan fingerprint density at radius 2 is 1.73 bits per heavy atom. The first-order valence-electron chi connectivity index (χ1n) is 9.48. The Morgan fingerprint density at radius 3 is 2.33 bits per heavy atom. The molecule has 7 nitrogen and oxygen atoms in total. The number of methoxy groups -OCH3 is 1. The highest BCUT2D eigenvalue weighted by Gasteiger charge is 2.32. The summed E-state index contributed by atoms with van der Waals surface area (Å²) < 4.78 is 31.7. The quantitative estimate of drug-likeness (QED) is 0.704. The van der Waals surface area contributed by atoms with Gasteiger partial charge in [-0.2, -0.15) is 4.31 Å². The third kappa shape index (κ3) is 4.83. The molecule has 0 radical (unpaired) electrons. The molecule has 0 aliphatic carbocycles. The van der Waals surface area contributed by atoms with Crippen molar-refractivity contribution in [2.75, 3.05) is 25.5 Å². The van der Waals surface area contributed by atoms with Gasteiger partial charge in [0.05, 0.1) is 28.3 Å². The number of piperidine rings is 1. The van der Waals surface area contributed by atoms with Gasteiger partial charge in [0.25, 0.3) is 0 Å². The van der Waals surface area contributed by atoms with Gasteiger partial charge in [-0.1, -0.05) is 29.3 Å². The van der Waals surface area contributed by atoms with Crippen LogP contribution in [0.4, 0.5) is 5.69 Å². The maximum absolute atomic E-state index is 12.8. The summed E-state index contributed by atoms with van der Waals surface area (Å²) in [6.07, 6.45) is 0.788. The summed E-state index contributed by atoms with van der Waals surface area (Å²) in [6, 6.07) is 11.2. The van der Waals surface area contributed by atoms with Crippen LogP contribution < -0.4 is 5.32 Å². The molecule has 0 aromatic heterocycles. The fourth-order valence-electron chi connectivity index (χ4n) is 3.32. The lowest BCUT2D eigenvalue weighted by Gasteiger charge is -2.30. The highest BCUT2D eigenvalue weighted by Crippen LogP contribution is 2.28. The molecule has 1 N–H and O–H groups in total. The molecule has 1 saturated heterocycles. The molecule has 0 spiro atoms. The molecule has 1 aliphatic rings. The number of aryl methyl sites for hydroxylation is 1. The molecule has 30 heavy (non-hydrogen) atoms. The van der Waals surface area contributed by atoms with Gasteiger partial charge in [0.2, 0.25) is 15.9 Å². The number of hydrogen-bond donors (Lipinski definition) is 1. The zero-order valence-corrected chi connectivity index (χ0v) is 18.3. The number of nitrogens with zero attached hydrogens (tertiary/aromatic N) is 1. The second-order valence-corrected chi connectivity index (χ2v) is 9.51. The van der Waals surface area contributed by atoms with Crippen molar-refractivity contribution >= 4 is 39.2 Å². The maximum atomic E-state index is 12.8. The Hall–Kier alpha value is -2.42. The van der Waals surface area contributed by atoms with Gasteiger partial charge < -0.3 is 10.1 Å². The van der Waals surface area contributed by atoms with E-state index in [0.717, 1.165) is 5.56 Å². The number of sulfonamides is 1. The summed E-state index contributed by atoms with van der Waals surface area (Å²) in [7, 11) is -2.31. The second kappa shape index (κ2) is 9.16. The Balaban J connectivity index is 1.64. The zero-order chi connectivity index (χ0) is 21.9. The van der Waals surface area contributed by atoms with Crippen LogP contribution in [0.25, 0.3) is 0 Å². The van der Waals surface area contributed by atoms with Gasteiger partial charge in [0.15, 0.2) is 0 Å². The standard InChI is InChI=1S/C21H23ClN2O5S/c1-14-3-6-17(7-4-14)30(27,28)24-11-9-15(10-12-24)20(25)23-19-13-16(21(26)29-2)5-8-18(19)22/h3-8,13,15H,9-12H2,1-2H3,(H,23,25). The van der Waals surface area contributed by atoms with E-state index in [1.807, 2.05) is 6.92 Å². The number of carbonyl (C=O) groups excluding carboxylic acids is 2. The fraction of sp³-hybridized carbons (Fsp3) is 0.333. The highest BCUT2D eigenvalue weighted by molar-refractivity contribution is 7.89. The molecule has 1 fully saturated rings. The first kappa shape index (κ1) is 22.3. The molecule has 160 valence electrons. The van der Waals surface area contributed by atoms with Crippen molar-refractivity contribution in [3.8, 4) is 0 Å². The Bertz CT molecular complexity index is 1050. The first-order valence-corrected chi connectivity index (χ1v) is 11.3. The molecule has 0 unspecified atom stereocenters. The lowest BCUT2D eigenvalue weighted by Crippen LogP contribution is -2.41. The van der Waals surface area contributed by atoms with E-state index in [1.165, 1.54) is 29.6 Å². The van der Waals surface area contributed by atoms with Crippen LogP contribution in [0, 0.1) is 12.8 Å². The number of benzene rings is 2. The number of ether oxygens (including phenoxy) is 1. The van der Waals surface area contributed by atoms with Crippen LogP contribution in [0.2, 0.25) is 5.02 Å². The Labute approximate surface area is 181 Å². The van der Waals surface area contributed by atoms with Crippen molar-refractivity contribution in [2.45, 2.75) is 24.7 Å². The molecular weight excluding hydrogens is 428 g/mol. The van der Waals surface area contributed by atoms with E-state index in [2.05, 4.69) is 10.1 Å². The summed E-state index contributed by atoms with van der Waals surface area (Å²) in [5.41, 5.74) is 1.58. The minimum atomic E-state index is -3.58. The fourth-order valence-corrected chi connectivity index (χ4v) is 4.95. The molecule has 0 bridgehead atoms. The van der Waals surface area contributed by atoms with Gasteiger partial charge in [-0.3, -0.25) is 4.79 Å². The van der Waals surface area contributed by atoms with E-state index in [1.54, 1.807) is 24.3 Å². The van der Waals surface area contributed by atoms with Crippen LogP contribution in [0.5, 0.6) is 0 Å². The smallest absolute Gasteiger partial charge is 0.337 e. The van der Waals surface area contributed by atoms with E-state index in [9.17, 15) is 18.0 Å². The van der Waals surface area contributed by atoms with E-state index in [4.69, 9.17) is 11.6 Å². The number of carbonyl (C=O) groups is 2. The normalized spacial score (nSPS) is 15.6. The predicted octanol–water partition coefficient (Wildman–Crippen LogP) is 3.47.